The van der Waals surface area contributed by atoms with Crippen molar-refractivity contribution in [2.45, 2.75) is 0 Å². The van der Waals surface area contributed by atoms with Gasteiger partial charge in [0.2, 0.25) is 0 Å². The summed E-state index contributed by atoms with van der Waals surface area (Å²) >= 11 is 0. The third-order valence-electron chi connectivity index (χ3n) is 8.18. The zero-order chi connectivity index (χ0) is 27.2. The molecule has 0 aliphatic carbocycles. The van der Waals surface area contributed by atoms with Gasteiger partial charge >= 0.3 is 0 Å². The summed E-state index contributed by atoms with van der Waals surface area (Å²) in [6.07, 6.45) is 6.41. The third kappa shape index (κ3) is 4.04. The van der Waals surface area contributed by atoms with E-state index in [1.165, 1.54) is 71.8 Å². The molecule has 0 saturated heterocycles. The summed E-state index contributed by atoms with van der Waals surface area (Å²) in [5, 5.41) is 8.53. The Labute approximate surface area is 239 Å². The number of hydrogen-bond acceptors (Lipinski definition) is 1. The van der Waals surface area contributed by atoms with Crippen LogP contribution in [-0.4, -0.2) is 11.1 Å². The van der Waals surface area contributed by atoms with Crippen LogP contribution in [0, 0.1) is 0 Å². The average molecular weight is 525 g/mol. The van der Waals surface area contributed by atoms with Crippen molar-refractivity contribution in [2.24, 2.45) is 0 Å². The zero-order valence-electron chi connectivity index (χ0n) is 22.6. The van der Waals surface area contributed by atoms with Crippen LogP contribution in [0.15, 0.2) is 152 Å². The Hall–Kier alpha value is -5.34. The van der Waals surface area contributed by atoms with Gasteiger partial charge in [0.15, 0.2) is 0 Å². The van der Waals surface area contributed by atoms with Crippen molar-refractivity contribution in [2.75, 3.05) is 6.54 Å². The number of nitrogens with one attached hydrogen (secondary N) is 1. The Morgan fingerprint density at radius 2 is 1.20 bits per heavy atom. The summed E-state index contributed by atoms with van der Waals surface area (Å²) in [5.74, 6) is 0. The minimum absolute atomic E-state index is 0.863. The molecular formula is C39H28N2. The fourth-order valence-electron chi connectivity index (χ4n) is 6.20. The van der Waals surface area contributed by atoms with Crippen molar-refractivity contribution >= 4 is 38.3 Å². The molecule has 0 bridgehead atoms. The van der Waals surface area contributed by atoms with Gasteiger partial charge in [0.05, 0.1) is 11.0 Å². The van der Waals surface area contributed by atoms with Crippen LogP contribution in [0.1, 0.15) is 5.56 Å². The van der Waals surface area contributed by atoms with Crippen LogP contribution in [0.25, 0.3) is 66.2 Å². The average Bonchev–Trinajstić information content (AvgIpc) is 3.40. The minimum atomic E-state index is 0.863. The summed E-state index contributed by atoms with van der Waals surface area (Å²) < 4.78 is 2.44. The van der Waals surface area contributed by atoms with Gasteiger partial charge in [-0.05, 0) is 69.6 Å². The molecule has 1 aliphatic heterocycles. The Kier molecular flexibility index (Phi) is 5.56. The second-order valence-electron chi connectivity index (χ2n) is 10.6. The van der Waals surface area contributed by atoms with Gasteiger partial charge in [-0.3, -0.25) is 0 Å². The number of benzene rings is 6. The molecule has 194 valence electrons. The van der Waals surface area contributed by atoms with E-state index in [-0.39, 0.29) is 0 Å². The molecule has 0 spiro atoms. The van der Waals surface area contributed by atoms with Crippen molar-refractivity contribution in [1.82, 2.24) is 9.88 Å². The summed E-state index contributed by atoms with van der Waals surface area (Å²) in [6.45, 7) is 0.863. The van der Waals surface area contributed by atoms with Crippen molar-refractivity contribution in [3.63, 3.8) is 0 Å². The number of fused-ring (bicyclic) bond motifs is 5. The standard InChI is InChI=1S/C39H28N2/c1-3-10-27(11-4-1)28-12-9-13-29(24-28)30-17-21-35-36-22-18-31-25-32(37-16-7-8-23-40-37)19-20-34(31)39(36)41(38(35)26-30)33-14-5-2-6-15-33/h1-22,24-26,40H,23H2. The van der Waals surface area contributed by atoms with Gasteiger partial charge in [0, 0.05) is 34.1 Å². The first-order valence-electron chi connectivity index (χ1n) is 14.2. The highest BCUT2D eigenvalue weighted by Gasteiger charge is 2.17. The molecule has 6 aromatic carbocycles. The van der Waals surface area contributed by atoms with E-state index < -0.39 is 0 Å². The second-order valence-corrected chi connectivity index (χ2v) is 10.6. The van der Waals surface area contributed by atoms with Crippen molar-refractivity contribution in [3.8, 4) is 27.9 Å². The van der Waals surface area contributed by atoms with Gasteiger partial charge in [-0.1, -0.05) is 115 Å². The number of para-hydroxylation sites is 1. The van der Waals surface area contributed by atoms with E-state index >= 15 is 0 Å². The Balaban J connectivity index is 1.36. The van der Waals surface area contributed by atoms with Gasteiger partial charge in [0.25, 0.3) is 0 Å². The number of allylic oxidation sites excluding steroid dienone is 2. The van der Waals surface area contributed by atoms with Crippen LogP contribution < -0.4 is 5.32 Å². The largest absolute Gasteiger partial charge is 0.381 e. The highest BCUT2D eigenvalue weighted by Crippen LogP contribution is 2.39. The molecule has 0 unspecified atom stereocenters. The molecule has 7 aromatic rings. The van der Waals surface area contributed by atoms with Crippen molar-refractivity contribution in [1.29, 1.82) is 0 Å². The minimum Gasteiger partial charge on any atom is -0.381 e. The monoisotopic (exact) mass is 524 g/mol. The molecule has 8 rings (SSSR count). The Morgan fingerprint density at radius 3 is 2.00 bits per heavy atom. The Morgan fingerprint density at radius 1 is 0.512 bits per heavy atom. The molecule has 0 atom stereocenters. The van der Waals surface area contributed by atoms with E-state index in [2.05, 4.69) is 162 Å². The van der Waals surface area contributed by atoms with E-state index in [0.717, 1.165) is 6.54 Å². The van der Waals surface area contributed by atoms with Crippen LogP contribution in [0.5, 0.6) is 0 Å². The van der Waals surface area contributed by atoms with E-state index in [1.807, 2.05) is 0 Å². The maximum Gasteiger partial charge on any atom is 0.0619 e. The summed E-state index contributed by atoms with van der Waals surface area (Å²) in [7, 11) is 0. The molecule has 2 heteroatoms. The second kappa shape index (κ2) is 9.69. The van der Waals surface area contributed by atoms with Gasteiger partial charge < -0.3 is 9.88 Å². The molecule has 2 nitrogen and oxygen atoms in total. The molecule has 0 saturated carbocycles. The Bertz CT molecular complexity index is 2130. The lowest BCUT2D eigenvalue weighted by Gasteiger charge is -2.14. The van der Waals surface area contributed by atoms with E-state index in [1.54, 1.807) is 0 Å². The van der Waals surface area contributed by atoms with Gasteiger partial charge in [-0.15, -0.1) is 0 Å². The first kappa shape index (κ1) is 23.5. The fourth-order valence-corrected chi connectivity index (χ4v) is 6.20. The van der Waals surface area contributed by atoms with E-state index in [9.17, 15) is 0 Å². The maximum absolute atomic E-state index is 3.50. The van der Waals surface area contributed by atoms with E-state index in [4.69, 9.17) is 0 Å². The topological polar surface area (TPSA) is 17.0 Å². The highest BCUT2D eigenvalue weighted by molar-refractivity contribution is 6.19. The maximum atomic E-state index is 3.50. The normalized spacial score (nSPS) is 13.0. The molecule has 0 fully saturated rings. The molecule has 1 aromatic heterocycles. The van der Waals surface area contributed by atoms with Crippen LogP contribution >= 0.6 is 0 Å². The summed E-state index contributed by atoms with van der Waals surface area (Å²) in [6, 6.07) is 48.5. The highest BCUT2D eigenvalue weighted by atomic mass is 15.0. The number of dihydropyridines is 1. The first-order chi connectivity index (χ1) is 20.3. The van der Waals surface area contributed by atoms with Gasteiger partial charge in [-0.2, -0.15) is 0 Å². The van der Waals surface area contributed by atoms with Crippen LogP contribution in [-0.2, 0) is 0 Å². The van der Waals surface area contributed by atoms with Crippen molar-refractivity contribution < 1.29 is 0 Å². The smallest absolute Gasteiger partial charge is 0.0619 e. The first-order valence-corrected chi connectivity index (χ1v) is 14.2. The molecule has 1 N–H and O–H groups in total. The van der Waals surface area contributed by atoms with Crippen LogP contribution in [0.4, 0.5) is 0 Å². The third-order valence-corrected chi connectivity index (χ3v) is 8.18. The molecule has 2 heterocycles. The molecule has 0 radical (unpaired) electrons. The number of hydrogen-bond donors (Lipinski definition) is 1. The van der Waals surface area contributed by atoms with E-state index in [0.29, 0.717) is 0 Å². The zero-order valence-corrected chi connectivity index (χ0v) is 22.6. The molecule has 1 aliphatic rings. The molecule has 0 amide bonds. The predicted octanol–water partition coefficient (Wildman–Crippen LogP) is 9.77. The number of rotatable bonds is 4. The SMILES string of the molecule is C1=CCNC(c2ccc3c(ccc4c5ccc(-c6cccc(-c7ccccc7)c6)cc5n(-c5ccccc5)c34)c2)=C1. The quantitative estimate of drug-likeness (QED) is 0.242. The molecule has 41 heavy (non-hydrogen) atoms. The lowest BCUT2D eigenvalue weighted by molar-refractivity contribution is 0.996. The predicted molar refractivity (Wildman–Crippen MR) is 174 cm³/mol. The lowest BCUT2D eigenvalue weighted by atomic mass is 9.98. The lowest BCUT2D eigenvalue weighted by Crippen LogP contribution is -2.14. The number of aromatic nitrogens is 1. The van der Waals surface area contributed by atoms with Crippen molar-refractivity contribution in [3.05, 3.63) is 157 Å². The molecular weight excluding hydrogens is 496 g/mol. The van der Waals surface area contributed by atoms with Crippen LogP contribution in [0.3, 0.4) is 0 Å². The summed E-state index contributed by atoms with van der Waals surface area (Å²) in [5.41, 5.74) is 10.9. The van der Waals surface area contributed by atoms with Gasteiger partial charge in [0.1, 0.15) is 0 Å². The fraction of sp³-hybridized carbons (Fsp3) is 0.0256. The number of nitrogens with zero attached hydrogens (tertiary/aromatic N) is 1. The van der Waals surface area contributed by atoms with Crippen LogP contribution in [0.2, 0.25) is 0 Å². The summed E-state index contributed by atoms with van der Waals surface area (Å²) in [4.78, 5) is 0. The van der Waals surface area contributed by atoms with Gasteiger partial charge in [-0.25, -0.2) is 0 Å².